The molecule has 0 aliphatic heterocycles. The number of ketones is 1. The number of hydrogen-bond donors (Lipinski definition) is 1. The summed E-state index contributed by atoms with van der Waals surface area (Å²) in [7, 11) is 0. The average Bonchev–Trinajstić information content (AvgIpc) is 2.44. The van der Waals surface area contributed by atoms with E-state index in [-0.39, 0.29) is 17.1 Å². The SMILES string of the molecule is O=C(/C=C/c1cccc(OC(F)(F)F)c1)c1ccccc1O. The number of benzene rings is 2. The van der Waals surface area contributed by atoms with Gasteiger partial charge in [-0.15, -0.1) is 13.2 Å². The molecule has 6 heteroatoms. The molecule has 0 bridgehead atoms. The van der Waals surface area contributed by atoms with E-state index in [0.29, 0.717) is 5.56 Å². The summed E-state index contributed by atoms with van der Waals surface area (Å²) in [6, 6.07) is 11.2. The molecule has 0 radical (unpaired) electrons. The number of phenolic OH excluding ortho intramolecular Hbond substituents is 1. The topological polar surface area (TPSA) is 46.5 Å². The smallest absolute Gasteiger partial charge is 0.507 e. The van der Waals surface area contributed by atoms with E-state index in [1.807, 2.05) is 0 Å². The maximum Gasteiger partial charge on any atom is 0.573 e. The van der Waals surface area contributed by atoms with E-state index in [9.17, 15) is 23.1 Å². The lowest BCUT2D eigenvalue weighted by atomic mass is 10.1. The van der Waals surface area contributed by atoms with Crippen LogP contribution in [0.5, 0.6) is 11.5 Å². The Bertz CT molecular complexity index is 706. The molecule has 0 unspecified atom stereocenters. The maximum absolute atomic E-state index is 12.1. The van der Waals surface area contributed by atoms with Gasteiger partial charge in [0, 0.05) is 0 Å². The van der Waals surface area contributed by atoms with Crippen LogP contribution in [0.25, 0.3) is 6.08 Å². The van der Waals surface area contributed by atoms with Crippen molar-refractivity contribution in [1.29, 1.82) is 0 Å². The number of ether oxygens (including phenoxy) is 1. The summed E-state index contributed by atoms with van der Waals surface area (Å²) < 4.78 is 40.2. The third-order valence-electron chi connectivity index (χ3n) is 2.69. The van der Waals surface area contributed by atoms with Gasteiger partial charge in [-0.2, -0.15) is 0 Å². The Kier molecular flexibility index (Phi) is 4.50. The summed E-state index contributed by atoms with van der Waals surface area (Å²) in [6.07, 6.45) is -2.26. The second-order valence-electron chi connectivity index (χ2n) is 4.34. The highest BCUT2D eigenvalue weighted by molar-refractivity contribution is 6.08. The molecule has 0 aliphatic carbocycles. The van der Waals surface area contributed by atoms with E-state index < -0.39 is 12.1 Å². The normalized spacial score (nSPS) is 11.6. The highest BCUT2D eigenvalue weighted by Crippen LogP contribution is 2.24. The predicted molar refractivity (Wildman–Crippen MR) is 74.6 cm³/mol. The number of carbonyl (C=O) groups excluding carboxylic acids is 1. The van der Waals surface area contributed by atoms with Crippen LogP contribution in [0.1, 0.15) is 15.9 Å². The van der Waals surface area contributed by atoms with Crippen LogP contribution in [-0.4, -0.2) is 17.3 Å². The van der Waals surface area contributed by atoms with Crippen molar-refractivity contribution in [3.8, 4) is 11.5 Å². The van der Waals surface area contributed by atoms with E-state index in [2.05, 4.69) is 4.74 Å². The van der Waals surface area contributed by atoms with E-state index in [1.165, 1.54) is 36.4 Å². The van der Waals surface area contributed by atoms with Crippen molar-refractivity contribution in [2.24, 2.45) is 0 Å². The zero-order chi connectivity index (χ0) is 16.2. The molecule has 3 nitrogen and oxygen atoms in total. The second kappa shape index (κ2) is 6.34. The molecule has 0 fully saturated rings. The summed E-state index contributed by atoms with van der Waals surface area (Å²) in [6.45, 7) is 0. The molecule has 114 valence electrons. The third-order valence-corrected chi connectivity index (χ3v) is 2.69. The summed E-state index contributed by atoms with van der Waals surface area (Å²) in [4.78, 5) is 11.9. The Morgan fingerprint density at radius 3 is 2.50 bits per heavy atom. The summed E-state index contributed by atoms with van der Waals surface area (Å²) in [5, 5.41) is 9.55. The number of allylic oxidation sites excluding steroid dienone is 1. The second-order valence-corrected chi connectivity index (χ2v) is 4.34. The minimum Gasteiger partial charge on any atom is -0.507 e. The van der Waals surface area contributed by atoms with Gasteiger partial charge in [-0.3, -0.25) is 4.79 Å². The molecule has 2 aromatic rings. The number of halogens is 3. The van der Waals surface area contributed by atoms with Crippen molar-refractivity contribution in [2.75, 3.05) is 0 Å². The Balaban J connectivity index is 2.15. The lowest BCUT2D eigenvalue weighted by Crippen LogP contribution is -2.17. The van der Waals surface area contributed by atoms with Gasteiger partial charge < -0.3 is 9.84 Å². The third kappa shape index (κ3) is 4.37. The lowest BCUT2D eigenvalue weighted by molar-refractivity contribution is -0.274. The predicted octanol–water partition coefficient (Wildman–Crippen LogP) is 4.19. The van der Waals surface area contributed by atoms with Gasteiger partial charge in [0.2, 0.25) is 0 Å². The first-order valence-corrected chi connectivity index (χ1v) is 6.21. The van der Waals surface area contributed by atoms with Gasteiger partial charge in [-0.05, 0) is 35.9 Å². The zero-order valence-corrected chi connectivity index (χ0v) is 11.2. The quantitative estimate of drug-likeness (QED) is 0.680. The first-order chi connectivity index (χ1) is 10.3. The van der Waals surface area contributed by atoms with Gasteiger partial charge in [0.15, 0.2) is 5.78 Å². The van der Waals surface area contributed by atoms with Crippen molar-refractivity contribution >= 4 is 11.9 Å². The highest BCUT2D eigenvalue weighted by Gasteiger charge is 2.30. The number of alkyl halides is 3. The fourth-order valence-electron chi connectivity index (χ4n) is 1.76. The Morgan fingerprint density at radius 2 is 1.82 bits per heavy atom. The molecule has 0 aliphatic rings. The number of phenols is 1. The van der Waals surface area contributed by atoms with Gasteiger partial charge in [-0.1, -0.05) is 30.3 Å². The van der Waals surface area contributed by atoms with Gasteiger partial charge in [0.25, 0.3) is 0 Å². The Labute approximate surface area is 124 Å². The number of hydrogen-bond acceptors (Lipinski definition) is 3. The van der Waals surface area contributed by atoms with Crippen LogP contribution in [0.2, 0.25) is 0 Å². The van der Waals surface area contributed by atoms with Crippen molar-refractivity contribution < 1.29 is 27.8 Å². The minimum absolute atomic E-state index is 0.112. The number of para-hydroxylation sites is 1. The molecule has 0 amide bonds. The monoisotopic (exact) mass is 308 g/mol. The molecule has 2 aromatic carbocycles. The molecule has 0 aromatic heterocycles. The van der Waals surface area contributed by atoms with Gasteiger partial charge in [-0.25, -0.2) is 0 Å². The fourth-order valence-corrected chi connectivity index (χ4v) is 1.76. The highest BCUT2D eigenvalue weighted by atomic mass is 19.4. The van der Waals surface area contributed by atoms with Gasteiger partial charge >= 0.3 is 6.36 Å². The van der Waals surface area contributed by atoms with Crippen molar-refractivity contribution in [1.82, 2.24) is 0 Å². The summed E-state index contributed by atoms with van der Waals surface area (Å²) in [5.74, 6) is -0.990. The van der Waals surface area contributed by atoms with Crippen molar-refractivity contribution in [3.63, 3.8) is 0 Å². The van der Waals surface area contributed by atoms with Crippen LogP contribution in [-0.2, 0) is 0 Å². The zero-order valence-electron chi connectivity index (χ0n) is 11.2. The van der Waals surface area contributed by atoms with Crippen LogP contribution < -0.4 is 4.74 Å². The minimum atomic E-state index is -4.77. The van der Waals surface area contributed by atoms with Crippen molar-refractivity contribution in [3.05, 3.63) is 65.7 Å². The lowest BCUT2D eigenvalue weighted by Gasteiger charge is -2.08. The van der Waals surface area contributed by atoms with Gasteiger partial charge in [0.1, 0.15) is 11.5 Å². The Hall–Kier alpha value is -2.76. The van der Waals surface area contributed by atoms with Crippen LogP contribution in [0.15, 0.2) is 54.6 Å². The first kappa shape index (κ1) is 15.6. The summed E-state index contributed by atoms with van der Waals surface area (Å²) in [5.41, 5.74) is 0.479. The first-order valence-electron chi connectivity index (χ1n) is 6.21. The van der Waals surface area contributed by atoms with Crippen LogP contribution >= 0.6 is 0 Å². The molecule has 0 atom stereocenters. The Morgan fingerprint density at radius 1 is 1.09 bits per heavy atom. The molecular formula is C16H11F3O3. The molecule has 0 spiro atoms. The standard InChI is InChI=1S/C16H11F3O3/c17-16(18,19)22-12-5-3-4-11(10-12)8-9-15(21)13-6-1-2-7-14(13)20/h1-10,20H/b9-8+. The molecule has 22 heavy (non-hydrogen) atoms. The molecule has 0 saturated heterocycles. The van der Waals surface area contributed by atoms with Crippen LogP contribution in [0.3, 0.4) is 0 Å². The fraction of sp³-hybridized carbons (Fsp3) is 0.0625. The summed E-state index contributed by atoms with van der Waals surface area (Å²) >= 11 is 0. The molecule has 2 rings (SSSR count). The molecule has 1 N–H and O–H groups in total. The number of rotatable bonds is 4. The van der Waals surface area contributed by atoms with Crippen LogP contribution in [0, 0.1) is 0 Å². The maximum atomic E-state index is 12.1. The van der Waals surface area contributed by atoms with E-state index in [4.69, 9.17) is 0 Å². The molecular weight excluding hydrogens is 297 g/mol. The largest absolute Gasteiger partial charge is 0.573 e. The molecule has 0 saturated carbocycles. The van der Waals surface area contributed by atoms with E-state index in [1.54, 1.807) is 12.1 Å². The number of aromatic hydroxyl groups is 1. The van der Waals surface area contributed by atoms with Crippen LogP contribution in [0.4, 0.5) is 13.2 Å². The number of carbonyl (C=O) groups is 1. The van der Waals surface area contributed by atoms with Crippen molar-refractivity contribution in [2.45, 2.75) is 6.36 Å². The molecule has 0 heterocycles. The van der Waals surface area contributed by atoms with E-state index in [0.717, 1.165) is 12.1 Å². The van der Waals surface area contributed by atoms with E-state index >= 15 is 0 Å². The average molecular weight is 308 g/mol. The van der Waals surface area contributed by atoms with Gasteiger partial charge in [0.05, 0.1) is 5.56 Å².